The van der Waals surface area contributed by atoms with Crippen molar-refractivity contribution >= 4 is 11.8 Å². The first-order valence-corrected chi connectivity index (χ1v) is 8.37. The number of rotatable bonds is 2. The van der Waals surface area contributed by atoms with E-state index in [1.807, 2.05) is 36.0 Å². The van der Waals surface area contributed by atoms with Crippen LogP contribution in [0.25, 0.3) is 22.6 Å². The van der Waals surface area contributed by atoms with Gasteiger partial charge in [0.15, 0.2) is 5.82 Å². The van der Waals surface area contributed by atoms with Crippen LogP contribution in [0.3, 0.4) is 0 Å². The Labute approximate surface area is 134 Å². The Balaban J connectivity index is 1.92. The van der Waals surface area contributed by atoms with Gasteiger partial charge in [-0.3, -0.25) is 0 Å². The molecule has 1 unspecified atom stereocenters. The molecule has 3 aromatic rings. The van der Waals surface area contributed by atoms with E-state index in [4.69, 9.17) is 9.97 Å². The second kappa shape index (κ2) is 5.58. The van der Waals surface area contributed by atoms with Crippen molar-refractivity contribution in [2.45, 2.75) is 23.5 Å². The molecule has 0 spiro atoms. The summed E-state index contributed by atoms with van der Waals surface area (Å²) in [5, 5.41) is 0.567. The van der Waals surface area contributed by atoms with Crippen molar-refractivity contribution in [3.05, 3.63) is 66.4 Å². The van der Waals surface area contributed by atoms with E-state index in [1.54, 1.807) is 0 Å². The summed E-state index contributed by atoms with van der Waals surface area (Å²) in [5.41, 5.74) is 4.50. The van der Waals surface area contributed by atoms with Gasteiger partial charge in [-0.1, -0.05) is 67.6 Å². The van der Waals surface area contributed by atoms with E-state index in [9.17, 15) is 0 Å². The second-order valence-corrected chi connectivity index (χ2v) is 6.98. The van der Waals surface area contributed by atoms with Crippen LogP contribution in [0, 0.1) is 0 Å². The molecule has 0 saturated heterocycles. The fourth-order valence-corrected chi connectivity index (χ4v) is 3.97. The molecule has 108 valence electrons. The Morgan fingerprint density at radius 2 is 1.50 bits per heavy atom. The minimum Gasteiger partial charge on any atom is -0.232 e. The predicted octanol–water partition coefficient (Wildman–Crippen LogP) is 4.85. The summed E-state index contributed by atoms with van der Waals surface area (Å²) >= 11 is 1.89. The fraction of sp³-hybridized carbons (Fsp3) is 0.158. The Hall–Kier alpha value is -2.13. The summed E-state index contributed by atoms with van der Waals surface area (Å²) in [5.74, 6) is 0.827. The van der Waals surface area contributed by atoms with Crippen LogP contribution in [-0.2, 0) is 6.42 Å². The molecule has 2 nitrogen and oxygen atoms in total. The lowest BCUT2D eigenvalue weighted by molar-refractivity contribution is 0.900. The summed E-state index contributed by atoms with van der Waals surface area (Å²) in [4.78, 5) is 11.0. The Morgan fingerprint density at radius 1 is 0.864 bits per heavy atom. The molecule has 2 aromatic carbocycles. The molecule has 0 N–H and O–H groups in total. The minimum atomic E-state index is 0.567. The number of hydrogen-bond acceptors (Lipinski definition) is 3. The number of thioether (sulfide) groups is 1. The average Bonchev–Trinajstić information content (AvgIpc) is 2.95. The Morgan fingerprint density at radius 3 is 2.18 bits per heavy atom. The largest absolute Gasteiger partial charge is 0.232 e. The Bertz CT molecular complexity index is 800. The van der Waals surface area contributed by atoms with Crippen molar-refractivity contribution in [2.75, 3.05) is 0 Å². The normalized spacial score (nSPS) is 16.5. The number of fused-ring (bicyclic) bond motifs is 1. The zero-order valence-electron chi connectivity index (χ0n) is 12.4. The summed E-state index contributed by atoms with van der Waals surface area (Å²) in [6.07, 6.45) is 1.02. The standard InChI is InChI=1S/C19H16N2S/c1-13-12-16-18(22-13)17(14-8-4-2-5-9-14)21-19(20-16)15-10-6-3-7-11-15/h2-11,13H,12H2,1H3. The van der Waals surface area contributed by atoms with Crippen LogP contribution < -0.4 is 0 Å². The molecule has 4 rings (SSSR count). The van der Waals surface area contributed by atoms with Crippen LogP contribution in [-0.4, -0.2) is 15.2 Å². The van der Waals surface area contributed by atoms with Gasteiger partial charge in [-0.05, 0) is 0 Å². The topological polar surface area (TPSA) is 25.8 Å². The van der Waals surface area contributed by atoms with E-state index in [-0.39, 0.29) is 0 Å². The van der Waals surface area contributed by atoms with Crippen LogP contribution in [0.15, 0.2) is 65.6 Å². The quantitative estimate of drug-likeness (QED) is 0.677. The number of aromatic nitrogens is 2. The molecule has 2 heterocycles. The highest BCUT2D eigenvalue weighted by atomic mass is 32.2. The summed E-state index contributed by atoms with van der Waals surface area (Å²) in [6.45, 7) is 2.25. The molecule has 1 aromatic heterocycles. The van der Waals surface area contributed by atoms with Crippen molar-refractivity contribution in [1.29, 1.82) is 0 Å². The predicted molar refractivity (Wildman–Crippen MR) is 91.9 cm³/mol. The molecule has 0 saturated carbocycles. The average molecular weight is 304 g/mol. The van der Waals surface area contributed by atoms with Crippen molar-refractivity contribution in [3.8, 4) is 22.6 Å². The molecule has 0 amide bonds. The molecular formula is C19H16N2S. The zero-order chi connectivity index (χ0) is 14.9. The van der Waals surface area contributed by atoms with E-state index in [0.717, 1.165) is 23.5 Å². The van der Waals surface area contributed by atoms with Crippen molar-refractivity contribution in [2.24, 2.45) is 0 Å². The van der Waals surface area contributed by atoms with Crippen LogP contribution in [0.4, 0.5) is 0 Å². The zero-order valence-corrected chi connectivity index (χ0v) is 13.2. The third kappa shape index (κ3) is 2.42. The van der Waals surface area contributed by atoms with Gasteiger partial charge < -0.3 is 0 Å². The maximum absolute atomic E-state index is 4.89. The van der Waals surface area contributed by atoms with Crippen LogP contribution in [0.1, 0.15) is 12.6 Å². The summed E-state index contributed by atoms with van der Waals surface area (Å²) in [7, 11) is 0. The summed E-state index contributed by atoms with van der Waals surface area (Å²) in [6, 6.07) is 20.7. The maximum atomic E-state index is 4.89. The highest BCUT2D eigenvalue weighted by molar-refractivity contribution is 8.00. The molecule has 1 atom stereocenters. The van der Waals surface area contributed by atoms with Gasteiger partial charge in [-0.15, -0.1) is 11.8 Å². The van der Waals surface area contributed by atoms with Crippen LogP contribution >= 0.6 is 11.8 Å². The van der Waals surface area contributed by atoms with E-state index in [1.165, 1.54) is 16.2 Å². The van der Waals surface area contributed by atoms with Gasteiger partial charge in [0.2, 0.25) is 0 Å². The van der Waals surface area contributed by atoms with Crippen molar-refractivity contribution in [1.82, 2.24) is 9.97 Å². The van der Waals surface area contributed by atoms with E-state index in [2.05, 4.69) is 43.3 Å². The first-order valence-electron chi connectivity index (χ1n) is 7.49. The van der Waals surface area contributed by atoms with Gasteiger partial charge in [-0.2, -0.15) is 0 Å². The minimum absolute atomic E-state index is 0.567. The SMILES string of the molecule is CC1Cc2nc(-c3ccccc3)nc(-c3ccccc3)c2S1. The highest BCUT2D eigenvalue weighted by Gasteiger charge is 2.25. The van der Waals surface area contributed by atoms with Crippen LogP contribution in [0.2, 0.25) is 0 Å². The second-order valence-electron chi connectivity index (χ2n) is 5.54. The van der Waals surface area contributed by atoms with Gasteiger partial charge in [0, 0.05) is 22.8 Å². The number of benzene rings is 2. The third-order valence-electron chi connectivity index (χ3n) is 3.81. The van der Waals surface area contributed by atoms with E-state index < -0.39 is 0 Å². The molecule has 0 aliphatic carbocycles. The highest BCUT2D eigenvalue weighted by Crippen LogP contribution is 2.42. The van der Waals surface area contributed by atoms with Gasteiger partial charge in [0.1, 0.15) is 0 Å². The molecule has 1 aliphatic rings. The van der Waals surface area contributed by atoms with E-state index in [0.29, 0.717) is 5.25 Å². The molecule has 0 bridgehead atoms. The monoisotopic (exact) mass is 304 g/mol. The molecule has 0 fully saturated rings. The summed E-state index contributed by atoms with van der Waals surface area (Å²) < 4.78 is 0. The smallest absolute Gasteiger partial charge is 0.160 e. The number of nitrogens with zero attached hydrogens (tertiary/aromatic N) is 2. The molecule has 3 heteroatoms. The number of hydrogen-bond donors (Lipinski definition) is 0. The van der Waals surface area contributed by atoms with Crippen LogP contribution in [0.5, 0.6) is 0 Å². The fourth-order valence-electron chi connectivity index (χ4n) is 2.78. The van der Waals surface area contributed by atoms with Crippen molar-refractivity contribution in [3.63, 3.8) is 0 Å². The first kappa shape index (κ1) is 13.5. The molecule has 0 radical (unpaired) electrons. The molecular weight excluding hydrogens is 288 g/mol. The lowest BCUT2D eigenvalue weighted by Gasteiger charge is -2.10. The maximum Gasteiger partial charge on any atom is 0.160 e. The lowest BCUT2D eigenvalue weighted by atomic mass is 10.1. The Kier molecular flexibility index (Phi) is 3.43. The molecule has 1 aliphatic heterocycles. The van der Waals surface area contributed by atoms with E-state index >= 15 is 0 Å². The van der Waals surface area contributed by atoms with Gasteiger partial charge in [0.05, 0.1) is 16.3 Å². The third-order valence-corrected chi connectivity index (χ3v) is 5.05. The molecule has 22 heavy (non-hydrogen) atoms. The van der Waals surface area contributed by atoms with Gasteiger partial charge in [0.25, 0.3) is 0 Å². The lowest BCUT2D eigenvalue weighted by Crippen LogP contribution is -1.99. The van der Waals surface area contributed by atoms with Crippen molar-refractivity contribution < 1.29 is 0 Å². The van der Waals surface area contributed by atoms with Gasteiger partial charge in [-0.25, -0.2) is 9.97 Å². The first-order chi connectivity index (χ1) is 10.8. The van der Waals surface area contributed by atoms with Gasteiger partial charge >= 0.3 is 0 Å².